The molecule has 0 aliphatic carbocycles. The summed E-state index contributed by atoms with van der Waals surface area (Å²) in [4.78, 5) is 12.0. The van der Waals surface area contributed by atoms with Crippen molar-refractivity contribution >= 4 is 21.6 Å². The first-order chi connectivity index (χ1) is 8.62. The van der Waals surface area contributed by atoms with E-state index in [1.807, 2.05) is 20.8 Å². The Hall–Kier alpha value is -1.40. The maximum absolute atomic E-state index is 11.9. The van der Waals surface area contributed by atoms with Gasteiger partial charge in [0, 0.05) is 11.6 Å². The van der Waals surface area contributed by atoms with Crippen LogP contribution in [0.15, 0.2) is 23.1 Å². The van der Waals surface area contributed by atoms with Crippen molar-refractivity contribution in [3.05, 3.63) is 23.8 Å². The highest BCUT2D eigenvalue weighted by atomic mass is 32.2. The minimum absolute atomic E-state index is 0.0717. The van der Waals surface area contributed by atoms with Crippen LogP contribution in [0.2, 0.25) is 0 Å². The zero-order chi connectivity index (χ0) is 14.8. The Morgan fingerprint density at radius 3 is 2.26 bits per heavy atom. The minimum atomic E-state index is -3.72. The van der Waals surface area contributed by atoms with E-state index in [0.717, 1.165) is 0 Å². The van der Waals surface area contributed by atoms with Crippen molar-refractivity contribution in [1.82, 2.24) is 0 Å². The molecule has 1 unspecified atom stereocenters. The van der Waals surface area contributed by atoms with Crippen LogP contribution in [0.1, 0.15) is 26.3 Å². The predicted molar refractivity (Wildman–Crippen MR) is 75.2 cm³/mol. The summed E-state index contributed by atoms with van der Waals surface area (Å²) >= 11 is 0. The number of rotatable bonds is 4. The lowest BCUT2D eigenvalue weighted by atomic mass is 9.97. The molecule has 1 rings (SSSR count). The molecule has 0 radical (unpaired) electrons. The topological polar surface area (TPSA) is 89.3 Å². The molecule has 19 heavy (non-hydrogen) atoms. The van der Waals surface area contributed by atoms with Crippen molar-refractivity contribution in [2.45, 2.75) is 32.6 Å². The average molecular weight is 284 g/mol. The van der Waals surface area contributed by atoms with Crippen LogP contribution in [0.3, 0.4) is 0 Å². The number of hydrogen-bond donors (Lipinski definition) is 2. The van der Waals surface area contributed by atoms with E-state index in [1.165, 1.54) is 12.1 Å². The van der Waals surface area contributed by atoms with Crippen LogP contribution in [0.25, 0.3) is 0 Å². The summed E-state index contributed by atoms with van der Waals surface area (Å²) in [5, 5.41) is 7.85. The highest BCUT2D eigenvalue weighted by molar-refractivity contribution is 7.89. The standard InChI is InChI=1S/C13H20N2O3S/c1-8(2)10(4)13(16)15-11-5-6-12(9(3)7-11)19(14,17)18/h5-8,10H,1-4H3,(H,15,16)(H2,14,17,18). The van der Waals surface area contributed by atoms with Crippen molar-refractivity contribution < 1.29 is 13.2 Å². The molecule has 0 aromatic heterocycles. The van der Waals surface area contributed by atoms with E-state index in [2.05, 4.69) is 5.32 Å². The third kappa shape index (κ3) is 4.04. The third-order valence-corrected chi connectivity index (χ3v) is 4.23. The number of carbonyl (C=O) groups is 1. The molecule has 5 nitrogen and oxygen atoms in total. The molecule has 0 aliphatic heterocycles. The van der Waals surface area contributed by atoms with Crippen LogP contribution in [0.5, 0.6) is 0 Å². The Bertz CT molecular complexity index is 580. The Balaban J connectivity index is 2.95. The lowest BCUT2D eigenvalue weighted by molar-refractivity contribution is -0.120. The van der Waals surface area contributed by atoms with E-state index >= 15 is 0 Å². The first-order valence-corrected chi connectivity index (χ1v) is 7.62. The van der Waals surface area contributed by atoms with Crippen molar-refractivity contribution in [2.75, 3.05) is 5.32 Å². The van der Waals surface area contributed by atoms with Crippen molar-refractivity contribution in [3.63, 3.8) is 0 Å². The van der Waals surface area contributed by atoms with E-state index in [1.54, 1.807) is 13.0 Å². The number of nitrogens with one attached hydrogen (secondary N) is 1. The molecule has 106 valence electrons. The van der Waals surface area contributed by atoms with Crippen LogP contribution in [0.4, 0.5) is 5.69 Å². The number of sulfonamides is 1. The molecular formula is C13H20N2O3S. The van der Waals surface area contributed by atoms with E-state index in [4.69, 9.17) is 5.14 Å². The summed E-state index contributed by atoms with van der Waals surface area (Å²) in [5.74, 6) is 0.0424. The summed E-state index contributed by atoms with van der Waals surface area (Å²) in [6.07, 6.45) is 0. The first kappa shape index (κ1) is 15.7. The van der Waals surface area contributed by atoms with E-state index in [0.29, 0.717) is 11.3 Å². The van der Waals surface area contributed by atoms with Gasteiger partial charge in [0.05, 0.1) is 4.90 Å². The van der Waals surface area contributed by atoms with Gasteiger partial charge in [-0.05, 0) is 36.6 Å². The van der Waals surface area contributed by atoms with Crippen molar-refractivity contribution in [3.8, 4) is 0 Å². The summed E-state index contributed by atoms with van der Waals surface area (Å²) in [7, 11) is -3.72. The zero-order valence-corrected chi connectivity index (χ0v) is 12.4. The second kappa shape index (κ2) is 5.71. The largest absolute Gasteiger partial charge is 0.326 e. The Labute approximate surface area is 114 Å². The van der Waals surface area contributed by atoms with Crippen LogP contribution in [0, 0.1) is 18.8 Å². The number of benzene rings is 1. The van der Waals surface area contributed by atoms with Gasteiger partial charge in [0.2, 0.25) is 15.9 Å². The molecule has 0 saturated heterocycles. The predicted octanol–water partition coefficient (Wildman–Crippen LogP) is 1.87. The smallest absolute Gasteiger partial charge is 0.238 e. The van der Waals surface area contributed by atoms with Gasteiger partial charge in [0.1, 0.15) is 0 Å². The summed E-state index contributed by atoms with van der Waals surface area (Å²) in [5.41, 5.74) is 1.08. The minimum Gasteiger partial charge on any atom is -0.326 e. The fourth-order valence-electron chi connectivity index (χ4n) is 1.61. The van der Waals surface area contributed by atoms with E-state index in [9.17, 15) is 13.2 Å². The monoisotopic (exact) mass is 284 g/mol. The molecule has 3 N–H and O–H groups in total. The lowest BCUT2D eigenvalue weighted by Gasteiger charge is -2.16. The summed E-state index contributed by atoms with van der Waals surface area (Å²) in [6, 6.07) is 4.54. The second-order valence-electron chi connectivity index (χ2n) is 5.05. The summed E-state index contributed by atoms with van der Waals surface area (Å²) < 4.78 is 22.6. The van der Waals surface area contributed by atoms with Crippen LogP contribution < -0.4 is 10.5 Å². The fourth-order valence-corrected chi connectivity index (χ4v) is 2.37. The van der Waals surface area contributed by atoms with Gasteiger partial charge >= 0.3 is 0 Å². The number of nitrogens with two attached hydrogens (primary N) is 1. The molecule has 1 atom stereocenters. The maximum atomic E-state index is 11.9. The number of aryl methyl sites for hydroxylation is 1. The van der Waals surface area contributed by atoms with Gasteiger partial charge in [-0.3, -0.25) is 4.79 Å². The summed E-state index contributed by atoms with van der Waals surface area (Å²) in [6.45, 7) is 7.44. The molecule has 0 aliphatic rings. The normalized spacial score (nSPS) is 13.4. The zero-order valence-electron chi connectivity index (χ0n) is 11.6. The molecule has 1 amide bonds. The fraction of sp³-hybridized carbons (Fsp3) is 0.462. The van der Waals surface area contributed by atoms with Crippen molar-refractivity contribution in [2.24, 2.45) is 17.0 Å². The maximum Gasteiger partial charge on any atom is 0.238 e. The Morgan fingerprint density at radius 2 is 1.84 bits per heavy atom. The van der Waals surface area contributed by atoms with Gasteiger partial charge < -0.3 is 5.32 Å². The van der Waals surface area contributed by atoms with Gasteiger partial charge in [-0.1, -0.05) is 20.8 Å². The van der Waals surface area contributed by atoms with Gasteiger partial charge in [-0.2, -0.15) is 0 Å². The molecule has 0 heterocycles. The lowest BCUT2D eigenvalue weighted by Crippen LogP contribution is -2.24. The quantitative estimate of drug-likeness (QED) is 0.884. The van der Waals surface area contributed by atoms with Crippen molar-refractivity contribution in [1.29, 1.82) is 0 Å². The number of amides is 1. The van der Waals surface area contributed by atoms with E-state index < -0.39 is 10.0 Å². The molecule has 0 bridgehead atoms. The molecule has 6 heteroatoms. The van der Waals surface area contributed by atoms with Gasteiger partial charge in [-0.25, -0.2) is 13.6 Å². The molecule has 0 fully saturated rings. The van der Waals surface area contributed by atoms with Crippen LogP contribution in [-0.2, 0) is 14.8 Å². The highest BCUT2D eigenvalue weighted by Gasteiger charge is 2.17. The molecular weight excluding hydrogens is 264 g/mol. The molecule has 1 aromatic rings. The molecule has 0 spiro atoms. The number of carbonyl (C=O) groups excluding carboxylic acids is 1. The Morgan fingerprint density at radius 1 is 1.26 bits per heavy atom. The van der Waals surface area contributed by atoms with Gasteiger partial charge in [-0.15, -0.1) is 0 Å². The molecule has 1 aromatic carbocycles. The van der Waals surface area contributed by atoms with Crippen LogP contribution in [-0.4, -0.2) is 14.3 Å². The van der Waals surface area contributed by atoms with E-state index in [-0.39, 0.29) is 22.6 Å². The molecule has 0 saturated carbocycles. The number of primary sulfonamides is 1. The first-order valence-electron chi connectivity index (χ1n) is 6.07. The number of hydrogen-bond acceptors (Lipinski definition) is 3. The Kier molecular flexibility index (Phi) is 4.70. The van der Waals surface area contributed by atoms with Gasteiger partial charge in [0.15, 0.2) is 0 Å². The van der Waals surface area contributed by atoms with Gasteiger partial charge in [0.25, 0.3) is 0 Å². The second-order valence-corrected chi connectivity index (χ2v) is 6.58. The SMILES string of the molecule is Cc1cc(NC(=O)C(C)C(C)C)ccc1S(N)(=O)=O. The third-order valence-electron chi connectivity index (χ3n) is 3.16. The average Bonchev–Trinajstić information content (AvgIpc) is 2.25. The van der Waals surface area contributed by atoms with Crippen LogP contribution >= 0.6 is 0 Å². The number of anilines is 1. The highest BCUT2D eigenvalue weighted by Crippen LogP contribution is 2.20.